The highest BCUT2D eigenvalue weighted by Gasteiger charge is 2.15. The van der Waals surface area contributed by atoms with Crippen LogP contribution in [0, 0.1) is 5.92 Å². The first-order chi connectivity index (χ1) is 6.13. The van der Waals surface area contributed by atoms with Gasteiger partial charge in [0.05, 0.1) is 0 Å². The Hall–Kier alpha value is 0.110. The van der Waals surface area contributed by atoms with E-state index in [0.29, 0.717) is 5.92 Å². The van der Waals surface area contributed by atoms with Crippen LogP contribution in [-0.4, -0.2) is 14.0 Å². The van der Waals surface area contributed by atoms with Gasteiger partial charge in [0.25, 0.3) is 0 Å². The molecule has 0 aliphatic carbocycles. The van der Waals surface area contributed by atoms with Crippen molar-refractivity contribution in [2.75, 3.05) is 0 Å². The van der Waals surface area contributed by atoms with Crippen molar-refractivity contribution in [2.24, 2.45) is 5.92 Å². The van der Waals surface area contributed by atoms with Crippen molar-refractivity contribution < 1.29 is 8.76 Å². The van der Waals surface area contributed by atoms with Crippen molar-refractivity contribution in [3.63, 3.8) is 0 Å². The van der Waals surface area contributed by atoms with Gasteiger partial charge < -0.3 is 4.55 Å². The molecule has 0 saturated carbocycles. The third-order valence-electron chi connectivity index (χ3n) is 2.55. The summed E-state index contributed by atoms with van der Waals surface area (Å²) in [5.41, 5.74) is 0. The van der Waals surface area contributed by atoms with Crippen LogP contribution in [-0.2, 0) is 11.1 Å². The molecule has 0 bridgehead atoms. The van der Waals surface area contributed by atoms with Crippen LogP contribution in [0.4, 0.5) is 0 Å². The van der Waals surface area contributed by atoms with E-state index in [4.69, 9.17) is 0 Å². The molecule has 0 fully saturated rings. The predicted molar refractivity (Wildman–Crippen MR) is 56.3 cm³/mol. The Balaban J connectivity index is 3.77. The summed E-state index contributed by atoms with van der Waals surface area (Å²) in [6.45, 7) is 6.14. The van der Waals surface area contributed by atoms with E-state index in [0.717, 1.165) is 19.3 Å². The molecule has 3 unspecified atom stereocenters. The Labute approximate surface area is 84.4 Å². The third-order valence-corrected chi connectivity index (χ3v) is 3.84. The zero-order valence-corrected chi connectivity index (χ0v) is 9.73. The molecule has 0 saturated heterocycles. The van der Waals surface area contributed by atoms with E-state index < -0.39 is 11.1 Å². The summed E-state index contributed by atoms with van der Waals surface area (Å²) in [5, 5.41) is -0.142. The maximum atomic E-state index is 10.8. The maximum absolute atomic E-state index is 10.8. The van der Waals surface area contributed by atoms with Crippen LogP contribution in [0.25, 0.3) is 0 Å². The first-order valence-electron chi connectivity index (χ1n) is 5.21. The van der Waals surface area contributed by atoms with Crippen LogP contribution in [0.5, 0.6) is 0 Å². The average Bonchev–Trinajstić information content (AvgIpc) is 2.05. The van der Waals surface area contributed by atoms with E-state index in [1.165, 1.54) is 12.8 Å². The lowest BCUT2D eigenvalue weighted by molar-refractivity contribution is 0.432. The highest BCUT2D eigenvalue weighted by atomic mass is 32.2. The van der Waals surface area contributed by atoms with Crippen LogP contribution in [0.2, 0.25) is 0 Å². The van der Waals surface area contributed by atoms with Crippen molar-refractivity contribution in [3.8, 4) is 0 Å². The molecule has 3 heteroatoms. The van der Waals surface area contributed by atoms with E-state index in [1.54, 1.807) is 0 Å². The standard InChI is InChI=1S/C10H22O2S/c1-4-6-7-8-9(3)10(5-2)13(11)12/h9-10H,4-8H2,1-3H3,(H,11,12)/p-1. The van der Waals surface area contributed by atoms with Gasteiger partial charge in [-0.15, -0.1) is 0 Å². The molecule has 0 radical (unpaired) electrons. The molecule has 0 spiro atoms. The zero-order valence-electron chi connectivity index (χ0n) is 8.91. The maximum Gasteiger partial charge on any atom is 0.0238 e. The Morgan fingerprint density at radius 2 is 1.92 bits per heavy atom. The van der Waals surface area contributed by atoms with Gasteiger partial charge in [0.15, 0.2) is 0 Å². The van der Waals surface area contributed by atoms with Crippen molar-refractivity contribution in [3.05, 3.63) is 0 Å². The first-order valence-corrected chi connectivity index (χ1v) is 6.35. The first kappa shape index (κ1) is 13.1. The fourth-order valence-corrected chi connectivity index (χ4v) is 2.42. The fraction of sp³-hybridized carbons (Fsp3) is 1.00. The van der Waals surface area contributed by atoms with Crippen molar-refractivity contribution in [1.29, 1.82) is 0 Å². The second-order valence-electron chi connectivity index (χ2n) is 3.68. The summed E-state index contributed by atoms with van der Waals surface area (Å²) < 4.78 is 21.6. The molecule has 80 valence electrons. The van der Waals surface area contributed by atoms with Crippen molar-refractivity contribution in [2.45, 2.75) is 58.1 Å². The Bertz CT molecular complexity index is 148. The van der Waals surface area contributed by atoms with E-state index in [9.17, 15) is 8.76 Å². The summed E-state index contributed by atoms with van der Waals surface area (Å²) in [6, 6.07) is 0. The summed E-state index contributed by atoms with van der Waals surface area (Å²) in [7, 11) is 0. The Morgan fingerprint density at radius 3 is 2.31 bits per heavy atom. The lowest BCUT2D eigenvalue weighted by Gasteiger charge is -2.24. The van der Waals surface area contributed by atoms with Gasteiger partial charge in [0, 0.05) is 5.25 Å². The number of rotatable bonds is 7. The van der Waals surface area contributed by atoms with Gasteiger partial charge in [-0.25, -0.2) is 0 Å². The fourth-order valence-electron chi connectivity index (χ4n) is 1.63. The normalized spacial score (nSPS) is 18.2. The van der Waals surface area contributed by atoms with Gasteiger partial charge in [0.2, 0.25) is 0 Å². The molecule has 0 amide bonds. The van der Waals surface area contributed by atoms with Crippen LogP contribution in [0.1, 0.15) is 52.9 Å². The molecule has 3 atom stereocenters. The van der Waals surface area contributed by atoms with Gasteiger partial charge in [-0.3, -0.25) is 4.21 Å². The highest BCUT2D eigenvalue weighted by molar-refractivity contribution is 7.79. The lowest BCUT2D eigenvalue weighted by atomic mass is 9.98. The molecule has 0 aromatic rings. The van der Waals surface area contributed by atoms with Gasteiger partial charge in [-0.05, 0) is 18.8 Å². The van der Waals surface area contributed by atoms with Crippen LogP contribution >= 0.6 is 0 Å². The van der Waals surface area contributed by atoms with E-state index >= 15 is 0 Å². The lowest BCUT2D eigenvalue weighted by Crippen LogP contribution is -2.22. The predicted octanol–water partition coefficient (Wildman–Crippen LogP) is 2.86. The molecular formula is C10H21O2S-. The Morgan fingerprint density at radius 1 is 1.31 bits per heavy atom. The molecular weight excluding hydrogens is 184 g/mol. The topological polar surface area (TPSA) is 40.1 Å². The summed E-state index contributed by atoms with van der Waals surface area (Å²) in [4.78, 5) is 0. The van der Waals surface area contributed by atoms with Crippen molar-refractivity contribution >= 4 is 11.1 Å². The van der Waals surface area contributed by atoms with Gasteiger partial charge >= 0.3 is 0 Å². The van der Waals surface area contributed by atoms with Gasteiger partial charge in [0.1, 0.15) is 0 Å². The molecule has 13 heavy (non-hydrogen) atoms. The minimum Gasteiger partial charge on any atom is -0.772 e. The number of hydrogen-bond acceptors (Lipinski definition) is 2. The number of hydrogen-bond donors (Lipinski definition) is 0. The summed E-state index contributed by atoms with van der Waals surface area (Å²) in [6.07, 6.45) is 5.35. The zero-order chi connectivity index (χ0) is 10.3. The SMILES string of the molecule is CCCCCC(C)C(CC)S(=O)[O-]. The second kappa shape index (κ2) is 7.51. The van der Waals surface area contributed by atoms with Crippen LogP contribution < -0.4 is 0 Å². The summed E-state index contributed by atoms with van der Waals surface area (Å²) in [5.74, 6) is 0.315. The quantitative estimate of drug-likeness (QED) is 0.473. The monoisotopic (exact) mass is 205 g/mol. The molecule has 0 N–H and O–H groups in total. The third kappa shape index (κ3) is 5.42. The van der Waals surface area contributed by atoms with E-state index in [2.05, 4.69) is 6.92 Å². The largest absolute Gasteiger partial charge is 0.772 e. The van der Waals surface area contributed by atoms with Crippen molar-refractivity contribution in [1.82, 2.24) is 0 Å². The van der Waals surface area contributed by atoms with Gasteiger partial charge in [-0.1, -0.05) is 51.1 Å². The van der Waals surface area contributed by atoms with Crippen LogP contribution in [0.15, 0.2) is 0 Å². The summed E-state index contributed by atoms with van der Waals surface area (Å²) >= 11 is -1.89. The average molecular weight is 205 g/mol. The molecule has 2 nitrogen and oxygen atoms in total. The minimum atomic E-state index is -1.89. The van der Waals surface area contributed by atoms with E-state index in [-0.39, 0.29) is 5.25 Å². The molecule has 0 rings (SSSR count). The van der Waals surface area contributed by atoms with Gasteiger partial charge in [-0.2, -0.15) is 0 Å². The number of unbranched alkanes of at least 4 members (excludes halogenated alkanes) is 2. The molecule has 0 heterocycles. The second-order valence-corrected chi connectivity index (χ2v) is 4.81. The molecule has 0 aromatic heterocycles. The molecule has 0 aromatic carbocycles. The van der Waals surface area contributed by atoms with Crippen LogP contribution in [0.3, 0.4) is 0 Å². The van der Waals surface area contributed by atoms with E-state index in [1.807, 2.05) is 13.8 Å². The molecule has 0 aliphatic rings. The molecule has 0 aliphatic heterocycles. The minimum absolute atomic E-state index is 0.142. The Kier molecular flexibility index (Phi) is 7.57. The highest BCUT2D eigenvalue weighted by Crippen LogP contribution is 2.19. The smallest absolute Gasteiger partial charge is 0.0238 e.